The number of halogens is 2. The van der Waals surface area contributed by atoms with Crippen LogP contribution in [-0.2, 0) is 4.79 Å². The van der Waals surface area contributed by atoms with Crippen LogP contribution in [0.25, 0.3) is 0 Å². The van der Waals surface area contributed by atoms with Crippen molar-refractivity contribution < 1.29 is 18.1 Å². The molecule has 106 valence electrons. The Morgan fingerprint density at radius 3 is 2.80 bits per heavy atom. The highest BCUT2D eigenvalue weighted by Gasteiger charge is 2.18. The zero-order valence-electron chi connectivity index (χ0n) is 10.8. The number of aryl methyl sites for hydroxylation is 1. The molecule has 0 fully saturated rings. The Balaban J connectivity index is 2.02. The van der Waals surface area contributed by atoms with Crippen LogP contribution in [0.1, 0.15) is 12.7 Å². The van der Waals surface area contributed by atoms with Crippen molar-refractivity contribution in [1.82, 2.24) is 5.16 Å². The van der Waals surface area contributed by atoms with Gasteiger partial charge in [-0.05, 0) is 32.0 Å². The predicted octanol–water partition coefficient (Wildman–Crippen LogP) is 3.38. The first kappa shape index (κ1) is 14.5. The van der Waals surface area contributed by atoms with Gasteiger partial charge in [0.15, 0.2) is 5.82 Å². The molecule has 0 unspecified atom stereocenters. The minimum absolute atomic E-state index is 0.0870. The molecule has 0 aliphatic carbocycles. The maximum absolute atomic E-state index is 13.5. The average Bonchev–Trinajstić information content (AvgIpc) is 2.79. The molecule has 0 aliphatic rings. The van der Waals surface area contributed by atoms with Crippen molar-refractivity contribution in [2.45, 2.75) is 24.0 Å². The number of benzene rings is 1. The molecular formula is C13H12F2N2O2S. The summed E-state index contributed by atoms with van der Waals surface area (Å²) < 4.78 is 31.3. The topological polar surface area (TPSA) is 55.1 Å². The number of nitrogens with one attached hydrogen (secondary N) is 1. The van der Waals surface area contributed by atoms with E-state index in [2.05, 4.69) is 10.5 Å². The SMILES string of the molecule is Cc1cc(NC(=O)[C@@H](C)Sc2cc(F)ccc2F)no1. The molecule has 7 heteroatoms. The van der Waals surface area contributed by atoms with Crippen LogP contribution in [0.5, 0.6) is 0 Å². The van der Waals surface area contributed by atoms with Crippen molar-refractivity contribution in [2.75, 3.05) is 5.32 Å². The van der Waals surface area contributed by atoms with Gasteiger partial charge < -0.3 is 9.84 Å². The smallest absolute Gasteiger partial charge is 0.238 e. The summed E-state index contributed by atoms with van der Waals surface area (Å²) >= 11 is 0.933. The van der Waals surface area contributed by atoms with E-state index in [-0.39, 0.29) is 10.8 Å². The van der Waals surface area contributed by atoms with E-state index < -0.39 is 16.9 Å². The monoisotopic (exact) mass is 298 g/mol. The van der Waals surface area contributed by atoms with Gasteiger partial charge >= 0.3 is 0 Å². The van der Waals surface area contributed by atoms with E-state index in [1.54, 1.807) is 19.9 Å². The number of carbonyl (C=O) groups excluding carboxylic acids is 1. The van der Waals surface area contributed by atoms with Gasteiger partial charge in [-0.3, -0.25) is 4.79 Å². The fourth-order valence-corrected chi connectivity index (χ4v) is 2.37. The van der Waals surface area contributed by atoms with Gasteiger partial charge in [0.1, 0.15) is 17.4 Å². The van der Waals surface area contributed by atoms with Crippen molar-refractivity contribution >= 4 is 23.5 Å². The first-order chi connectivity index (χ1) is 9.45. The molecule has 0 saturated heterocycles. The van der Waals surface area contributed by atoms with Crippen molar-refractivity contribution in [3.05, 3.63) is 41.7 Å². The summed E-state index contributed by atoms with van der Waals surface area (Å²) in [5.74, 6) is -0.620. The Bertz CT molecular complexity index is 631. The number of rotatable bonds is 4. The van der Waals surface area contributed by atoms with E-state index >= 15 is 0 Å². The van der Waals surface area contributed by atoms with Gasteiger partial charge in [0.05, 0.1) is 5.25 Å². The van der Waals surface area contributed by atoms with E-state index in [0.29, 0.717) is 11.6 Å². The number of hydrogen-bond acceptors (Lipinski definition) is 4. The predicted molar refractivity (Wildman–Crippen MR) is 71.5 cm³/mol. The molecular weight excluding hydrogens is 286 g/mol. The van der Waals surface area contributed by atoms with Crippen molar-refractivity contribution in [3.8, 4) is 0 Å². The van der Waals surface area contributed by atoms with E-state index in [1.165, 1.54) is 0 Å². The summed E-state index contributed by atoms with van der Waals surface area (Å²) in [4.78, 5) is 12.0. The summed E-state index contributed by atoms with van der Waals surface area (Å²) in [5.41, 5.74) is 0. The van der Waals surface area contributed by atoms with E-state index in [0.717, 1.165) is 30.0 Å². The number of anilines is 1. The third kappa shape index (κ3) is 3.57. The molecule has 0 aliphatic heterocycles. The van der Waals surface area contributed by atoms with Crippen LogP contribution < -0.4 is 5.32 Å². The fourth-order valence-electron chi connectivity index (χ4n) is 1.46. The Hall–Kier alpha value is -1.89. The van der Waals surface area contributed by atoms with E-state index in [9.17, 15) is 13.6 Å². The van der Waals surface area contributed by atoms with E-state index in [4.69, 9.17) is 4.52 Å². The van der Waals surface area contributed by atoms with Crippen LogP contribution in [0.15, 0.2) is 33.7 Å². The van der Waals surface area contributed by atoms with Crippen molar-refractivity contribution in [3.63, 3.8) is 0 Å². The molecule has 2 rings (SSSR count). The van der Waals surface area contributed by atoms with Crippen LogP contribution in [0.4, 0.5) is 14.6 Å². The number of carbonyl (C=O) groups is 1. The van der Waals surface area contributed by atoms with Crippen LogP contribution in [-0.4, -0.2) is 16.3 Å². The summed E-state index contributed by atoms with van der Waals surface area (Å²) in [5, 5.41) is 5.55. The third-order valence-electron chi connectivity index (χ3n) is 2.45. The molecule has 0 spiro atoms. The quantitative estimate of drug-likeness (QED) is 0.879. The number of amides is 1. The van der Waals surface area contributed by atoms with Crippen molar-refractivity contribution in [1.29, 1.82) is 0 Å². The Morgan fingerprint density at radius 1 is 1.40 bits per heavy atom. The molecule has 20 heavy (non-hydrogen) atoms. The molecule has 1 amide bonds. The molecule has 1 N–H and O–H groups in total. The van der Waals surface area contributed by atoms with Crippen molar-refractivity contribution in [2.24, 2.45) is 0 Å². The largest absolute Gasteiger partial charge is 0.360 e. The molecule has 1 aromatic heterocycles. The molecule has 1 atom stereocenters. The van der Waals surface area contributed by atoms with Gasteiger partial charge in [-0.2, -0.15) is 0 Å². The fraction of sp³-hybridized carbons (Fsp3) is 0.231. The first-order valence-electron chi connectivity index (χ1n) is 5.81. The van der Waals surface area contributed by atoms with Gasteiger partial charge in [-0.25, -0.2) is 8.78 Å². The number of aromatic nitrogens is 1. The molecule has 0 radical (unpaired) electrons. The van der Waals surface area contributed by atoms with Gasteiger partial charge in [0, 0.05) is 11.0 Å². The molecule has 1 heterocycles. The third-order valence-corrected chi connectivity index (χ3v) is 3.58. The Kier molecular flexibility index (Phi) is 4.39. The minimum Gasteiger partial charge on any atom is -0.360 e. The van der Waals surface area contributed by atoms with Crippen LogP contribution in [0, 0.1) is 18.6 Å². The highest BCUT2D eigenvalue weighted by atomic mass is 32.2. The van der Waals surface area contributed by atoms with Crippen LogP contribution in [0.2, 0.25) is 0 Å². The molecule has 2 aromatic rings. The standard InChI is InChI=1S/C13H12F2N2O2S/c1-7-5-12(17-19-7)16-13(18)8(2)20-11-6-9(14)3-4-10(11)15/h3-6,8H,1-2H3,(H,16,17,18)/t8-/m1/s1. The minimum atomic E-state index is -0.608. The lowest BCUT2D eigenvalue weighted by Gasteiger charge is -2.10. The second-order valence-electron chi connectivity index (χ2n) is 4.15. The lowest BCUT2D eigenvalue weighted by molar-refractivity contribution is -0.115. The average molecular weight is 298 g/mol. The zero-order valence-corrected chi connectivity index (χ0v) is 11.6. The second kappa shape index (κ2) is 6.04. The summed E-state index contributed by atoms with van der Waals surface area (Å²) in [6.07, 6.45) is 0. The maximum atomic E-state index is 13.5. The van der Waals surface area contributed by atoms with Gasteiger partial charge in [0.2, 0.25) is 5.91 Å². The summed E-state index contributed by atoms with van der Waals surface area (Å²) in [7, 11) is 0. The highest BCUT2D eigenvalue weighted by Crippen LogP contribution is 2.27. The van der Waals surface area contributed by atoms with Crippen LogP contribution >= 0.6 is 11.8 Å². The van der Waals surface area contributed by atoms with Gasteiger partial charge in [0.25, 0.3) is 0 Å². The number of nitrogens with zero attached hydrogens (tertiary/aromatic N) is 1. The lowest BCUT2D eigenvalue weighted by Crippen LogP contribution is -2.22. The summed E-state index contributed by atoms with van der Waals surface area (Å²) in [6, 6.07) is 4.69. The van der Waals surface area contributed by atoms with Gasteiger partial charge in [-0.1, -0.05) is 5.16 Å². The van der Waals surface area contributed by atoms with Crippen LogP contribution in [0.3, 0.4) is 0 Å². The Morgan fingerprint density at radius 2 is 2.15 bits per heavy atom. The highest BCUT2D eigenvalue weighted by molar-refractivity contribution is 8.00. The summed E-state index contributed by atoms with van der Waals surface area (Å²) in [6.45, 7) is 3.29. The Labute approximate surface area is 118 Å². The molecule has 4 nitrogen and oxygen atoms in total. The molecule has 1 aromatic carbocycles. The number of thioether (sulfide) groups is 1. The lowest BCUT2D eigenvalue weighted by atomic mass is 10.3. The normalized spacial score (nSPS) is 12.2. The zero-order chi connectivity index (χ0) is 14.7. The molecule has 0 saturated carbocycles. The first-order valence-corrected chi connectivity index (χ1v) is 6.69. The second-order valence-corrected chi connectivity index (χ2v) is 5.53. The van der Waals surface area contributed by atoms with Gasteiger partial charge in [-0.15, -0.1) is 11.8 Å². The van der Waals surface area contributed by atoms with E-state index in [1.807, 2.05) is 0 Å². The maximum Gasteiger partial charge on any atom is 0.238 e. The number of hydrogen-bond donors (Lipinski definition) is 1. The molecule has 0 bridgehead atoms.